The summed E-state index contributed by atoms with van der Waals surface area (Å²) in [5.41, 5.74) is 0.688. The highest BCUT2D eigenvalue weighted by Gasteiger charge is 2.15. The lowest BCUT2D eigenvalue weighted by atomic mass is 10.1. The zero-order valence-corrected chi connectivity index (χ0v) is 12.6. The average Bonchev–Trinajstić information content (AvgIpc) is 2.81. The largest absolute Gasteiger partial charge is 0.478 e. The number of halogens is 1. The highest BCUT2D eigenvalue weighted by atomic mass is 35.5. The Morgan fingerprint density at radius 3 is 2.75 bits per heavy atom. The number of carbonyl (C=O) groups is 1. The second kappa shape index (κ2) is 6.15. The van der Waals surface area contributed by atoms with Crippen LogP contribution < -0.4 is 0 Å². The number of carboxylic acid groups (broad SMARTS) is 1. The van der Waals surface area contributed by atoms with Crippen molar-refractivity contribution in [2.75, 3.05) is 0 Å². The second-order valence-corrected chi connectivity index (χ2v) is 5.87. The van der Waals surface area contributed by atoms with Crippen LogP contribution in [0.1, 0.15) is 46.5 Å². The van der Waals surface area contributed by atoms with Gasteiger partial charge in [-0.2, -0.15) is 0 Å². The quantitative estimate of drug-likeness (QED) is 0.920. The monoisotopic (exact) mass is 308 g/mol. The smallest absolute Gasteiger partial charge is 0.339 e. The van der Waals surface area contributed by atoms with E-state index in [4.69, 9.17) is 16.7 Å². The lowest BCUT2D eigenvalue weighted by Gasteiger charge is -2.08. The molecule has 2 aromatic rings. The summed E-state index contributed by atoms with van der Waals surface area (Å²) in [6, 6.07) is 1.84. The summed E-state index contributed by atoms with van der Waals surface area (Å²) < 4.78 is 0. The molecule has 20 heavy (non-hydrogen) atoms. The third-order valence-corrected chi connectivity index (χ3v) is 3.84. The van der Waals surface area contributed by atoms with Crippen LogP contribution in [0.25, 0.3) is 12.2 Å². The lowest BCUT2D eigenvalue weighted by molar-refractivity contribution is 0.0694. The maximum absolute atomic E-state index is 11.1. The van der Waals surface area contributed by atoms with Crippen molar-refractivity contribution in [3.05, 3.63) is 44.6 Å². The maximum Gasteiger partial charge on any atom is 0.339 e. The molecule has 0 fully saturated rings. The molecule has 0 amide bonds. The standard InChI is InChI=1S/C14H13ClN2O2S/c1-8(2)13-11(14(18)19)6-16-12(17-13)4-3-10-5-9(15)7-20-10/h3-8H,1-2H3,(H,18,19)/b4-3+. The maximum atomic E-state index is 11.1. The van der Waals surface area contributed by atoms with Crippen molar-refractivity contribution in [2.24, 2.45) is 0 Å². The number of carboxylic acids is 1. The summed E-state index contributed by atoms with van der Waals surface area (Å²) in [7, 11) is 0. The third kappa shape index (κ3) is 3.43. The van der Waals surface area contributed by atoms with Crippen molar-refractivity contribution >= 4 is 41.1 Å². The summed E-state index contributed by atoms with van der Waals surface area (Å²) >= 11 is 7.36. The summed E-state index contributed by atoms with van der Waals surface area (Å²) in [6.45, 7) is 3.81. The van der Waals surface area contributed by atoms with Crippen molar-refractivity contribution in [1.29, 1.82) is 0 Å². The third-order valence-electron chi connectivity index (χ3n) is 2.60. The van der Waals surface area contributed by atoms with Crippen LogP contribution >= 0.6 is 22.9 Å². The van der Waals surface area contributed by atoms with Crippen LogP contribution in [0, 0.1) is 0 Å². The van der Waals surface area contributed by atoms with Crippen LogP contribution in [-0.2, 0) is 0 Å². The summed E-state index contributed by atoms with van der Waals surface area (Å²) in [5, 5.41) is 11.6. The molecular weight excluding hydrogens is 296 g/mol. The van der Waals surface area contributed by atoms with Gasteiger partial charge < -0.3 is 5.11 Å². The fraction of sp³-hybridized carbons (Fsp3) is 0.214. The van der Waals surface area contributed by atoms with Gasteiger partial charge in [0, 0.05) is 16.5 Å². The number of hydrogen-bond acceptors (Lipinski definition) is 4. The van der Waals surface area contributed by atoms with E-state index in [2.05, 4.69) is 9.97 Å². The Hall–Kier alpha value is -1.72. The molecule has 0 saturated heterocycles. The van der Waals surface area contributed by atoms with E-state index < -0.39 is 5.97 Å². The molecule has 2 rings (SSSR count). The first kappa shape index (κ1) is 14.7. The Bertz CT molecular complexity index is 665. The van der Waals surface area contributed by atoms with Gasteiger partial charge >= 0.3 is 5.97 Å². The molecule has 0 bridgehead atoms. The SMILES string of the molecule is CC(C)c1nc(/C=C/c2cc(Cl)cs2)ncc1C(=O)O. The van der Waals surface area contributed by atoms with E-state index in [0.29, 0.717) is 16.5 Å². The van der Waals surface area contributed by atoms with E-state index in [1.54, 1.807) is 6.08 Å². The molecule has 6 heteroatoms. The molecule has 104 valence electrons. The highest BCUT2D eigenvalue weighted by Crippen LogP contribution is 2.21. The first-order valence-electron chi connectivity index (χ1n) is 5.99. The Morgan fingerprint density at radius 1 is 1.45 bits per heavy atom. The van der Waals surface area contributed by atoms with Gasteiger partial charge in [-0.1, -0.05) is 25.4 Å². The predicted molar refractivity (Wildman–Crippen MR) is 81.3 cm³/mol. The minimum Gasteiger partial charge on any atom is -0.478 e. The van der Waals surface area contributed by atoms with Crippen LogP contribution in [0.2, 0.25) is 5.02 Å². The van der Waals surface area contributed by atoms with E-state index in [1.165, 1.54) is 17.5 Å². The number of thiophene rings is 1. The molecule has 0 aliphatic rings. The molecule has 1 N–H and O–H groups in total. The average molecular weight is 309 g/mol. The van der Waals surface area contributed by atoms with Crippen molar-refractivity contribution in [3.8, 4) is 0 Å². The fourth-order valence-corrected chi connectivity index (χ4v) is 2.64. The zero-order valence-electron chi connectivity index (χ0n) is 11.0. The molecule has 4 nitrogen and oxygen atoms in total. The van der Waals surface area contributed by atoms with Crippen molar-refractivity contribution in [2.45, 2.75) is 19.8 Å². The summed E-state index contributed by atoms with van der Waals surface area (Å²) in [5.74, 6) is -0.495. The molecule has 0 aliphatic carbocycles. The number of rotatable bonds is 4. The van der Waals surface area contributed by atoms with Crippen molar-refractivity contribution < 1.29 is 9.90 Å². The first-order chi connectivity index (χ1) is 9.47. The van der Waals surface area contributed by atoms with Gasteiger partial charge in [0.2, 0.25) is 0 Å². The van der Waals surface area contributed by atoms with Gasteiger partial charge in [-0.25, -0.2) is 14.8 Å². The van der Waals surface area contributed by atoms with Gasteiger partial charge in [-0.15, -0.1) is 11.3 Å². The van der Waals surface area contributed by atoms with Crippen LogP contribution in [0.5, 0.6) is 0 Å². The number of hydrogen-bond donors (Lipinski definition) is 1. The molecule has 0 radical (unpaired) electrons. The predicted octanol–water partition coefficient (Wildman–Crippen LogP) is 4.18. The van der Waals surface area contributed by atoms with Gasteiger partial charge in [0.1, 0.15) is 0 Å². The van der Waals surface area contributed by atoms with Gasteiger partial charge in [-0.05, 0) is 24.1 Å². The summed E-state index contributed by atoms with van der Waals surface area (Å²) in [6.07, 6.45) is 4.96. The van der Waals surface area contributed by atoms with Gasteiger partial charge in [0.15, 0.2) is 5.82 Å². The van der Waals surface area contributed by atoms with Crippen LogP contribution in [0.4, 0.5) is 0 Å². The van der Waals surface area contributed by atoms with E-state index in [9.17, 15) is 4.79 Å². The minimum absolute atomic E-state index is 0.0208. The van der Waals surface area contributed by atoms with E-state index >= 15 is 0 Å². The van der Waals surface area contributed by atoms with Crippen LogP contribution in [-0.4, -0.2) is 21.0 Å². The van der Waals surface area contributed by atoms with Gasteiger partial charge in [-0.3, -0.25) is 0 Å². The Balaban J connectivity index is 2.31. The molecule has 2 aromatic heterocycles. The van der Waals surface area contributed by atoms with Crippen LogP contribution in [0.3, 0.4) is 0 Å². The molecule has 0 saturated carbocycles. The van der Waals surface area contributed by atoms with Gasteiger partial charge in [0.25, 0.3) is 0 Å². The molecule has 0 atom stereocenters. The zero-order chi connectivity index (χ0) is 14.7. The van der Waals surface area contributed by atoms with E-state index in [-0.39, 0.29) is 11.5 Å². The summed E-state index contributed by atoms with van der Waals surface area (Å²) in [4.78, 5) is 20.5. The number of aromatic nitrogens is 2. The topological polar surface area (TPSA) is 63.1 Å². The first-order valence-corrected chi connectivity index (χ1v) is 7.25. The number of nitrogens with zero attached hydrogens (tertiary/aromatic N) is 2. The molecule has 2 heterocycles. The molecular formula is C14H13ClN2O2S. The molecule has 0 unspecified atom stereocenters. The van der Waals surface area contributed by atoms with Gasteiger partial charge in [0.05, 0.1) is 16.3 Å². The highest BCUT2D eigenvalue weighted by molar-refractivity contribution is 7.11. The molecule has 0 aromatic carbocycles. The minimum atomic E-state index is -1.01. The molecule has 0 aliphatic heterocycles. The number of aromatic carboxylic acids is 1. The lowest BCUT2D eigenvalue weighted by Crippen LogP contribution is -2.08. The molecule has 0 spiro atoms. The Kier molecular flexibility index (Phi) is 4.52. The Morgan fingerprint density at radius 2 is 2.20 bits per heavy atom. The van der Waals surface area contributed by atoms with Crippen molar-refractivity contribution in [3.63, 3.8) is 0 Å². The van der Waals surface area contributed by atoms with E-state index in [1.807, 2.05) is 31.4 Å². The normalized spacial score (nSPS) is 11.4. The van der Waals surface area contributed by atoms with E-state index in [0.717, 1.165) is 4.88 Å². The van der Waals surface area contributed by atoms with Crippen molar-refractivity contribution in [1.82, 2.24) is 9.97 Å². The van der Waals surface area contributed by atoms with Crippen LogP contribution in [0.15, 0.2) is 17.6 Å². The fourth-order valence-electron chi connectivity index (χ4n) is 1.67. The Labute approximate surface area is 125 Å². The second-order valence-electron chi connectivity index (χ2n) is 4.49.